The highest BCUT2D eigenvalue weighted by Gasteiger charge is 2.67. The summed E-state index contributed by atoms with van der Waals surface area (Å²) in [4.78, 5) is 26.5. The van der Waals surface area contributed by atoms with E-state index in [0.29, 0.717) is 30.8 Å². The maximum absolute atomic E-state index is 14.0. The Kier molecular flexibility index (Phi) is 11.8. The fourth-order valence-corrected chi connectivity index (χ4v) is 10.4. The molecule has 0 unspecified atom stereocenters. The fourth-order valence-electron chi connectivity index (χ4n) is 10.4. The van der Waals surface area contributed by atoms with Crippen LogP contribution in [0, 0.1) is 46.3 Å². The molecule has 0 aliphatic heterocycles. The van der Waals surface area contributed by atoms with Crippen molar-refractivity contribution in [3.05, 3.63) is 0 Å². The minimum atomic E-state index is -0.922. The summed E-state index contributed by atoms with van der Waals surface area (Å²) in [5.74, 6) is 1.51. The zero-order valence-electron chi connectivity index (χ0n) is 26.9. The third kappa shape index (κ3) is 7.08. The van der Waals surface area contributed by atoms with Gasteiger partial charge in [0, 0.05) is 17.8 Å². The molecule has 0 bridgehead atoms. The molecular formula is C36H62O5. The first kappa shape index (κ1) is 33.0. The Morgan fingerprint density at radius 1 is 0.927 bits per heavy atom. The number of unbranched alkanes of at least 4 members (excludes halogenated alkanes) is 9. The molecule has 0 aromatic carbocycles. The number of hydrogen-bond donors (Lipinski definition) is 2. The van der Waals surface area contributed by atoms with Crippen LogP contribution in [0.2, 0.25) is 0 Å². The molecule has 5 nitrogen and oxygen atoms in total. The van der Waals surface area contributed by atoms with Gasteiger partial charge in [0.05, 0.1) is 12.7 Å². The van der Waals surface area contributed by atoms with Crippen LogP contribution in [0.5, 0.6) is 0 Å². The van der Waals surface area contributed by atoms with Gasteiger partial charge < -0.3 is 14.9 Å². The van der Waals surface area contributed by atoms with E-state index >= 15 is 0 Å². The number of Topliss-reactive ketones (excluding diaryl/α,β-unsaturated/α-hetero) is 1. The van der Waals surface area contributed by atoms with E-state index in [1.54, 1.807) is 0 Å². The lowest BCUT2D eigenvalue weighted by Crippen LogP contribution is -2.63. The van der Waals surface area contributed by atoms with E-state index in [2.05, 4.69) is 27.7 Å². The molecule has 4 rings (SSSR count). The number of aliphatic hydroxyl groups excluding tert-OH is 2. The molecule has 236 valence electrons. The average molecular weight is 575 g/mol. The van der Waals surface area contributed by atoms with E-state index in [0.717, 1.165) is 64.2 Å². The van der Waals surface area contributed by atoms with Crippen molar-refractivity contribution in [1.29, 1.82) is 0 Å². The lowest BCUT2D eigenvalue weighted by molar-refractivity contribution is -0.186. The van der Waals surface area contributed by atoms with Gasteiger partial charge in [-0.05, 0) is 92.8 Å². The Labute approximate surface area is 251 Å². The van der Waals surface area contributed by atoms with E-state index < -0.39 is 11.5 Å². The summed E-state index contributed by atoms with van der Waals surface area (Å²) in [6, 6.07) is 0. The number of esters is 1. The van der Waals surface area contributed by atoms with Crippen molar-refractivity contribution in [2.24, 2.45) is 46.3 Å². The molecule has 0 aromatic heterocycles. The second-order valence-electron chi connectivity index (χ2n) is 15.2. The van der Waals surface area contributed by atoms with Gasteiger partial charge in [0.2, 0.25) is 0 Å². The Bertz CT molecular complexity index is 857. The third-order valence-electron chi connectivity index (χ3n) is 12.8. The smallest absolute Gasteiger partial charge is 0.305 e. The maximum atomic E-state index is 14.0. The molecule has 0 amide bonds. The molecule has 4 aliphatic carbocycles. The van der Waals surface area contributed by atoms with Gasteiger partial charge in [-0.25, -0.2) is 0 Å². The second kappa shape index (κ2) is 14.7. The lowest BCUT2D eigenvalue weighted by atomic mass is 9.43. The molecule has 4 aliphatic rings. The Morgan fingerprint density at radius 2 is 1.59 bits per heavy atom. The summed E-state index contributed by atoms with van der Waals surface area (Å²) >= 11 is 0. The van der Waals surface area contributed by atoms with Crippen LogP contribution in [-0.4, -0.2) is 40.8 Å². The topological polar surface area (TPSA) is 83.8 Å². The van der Waals surface area contributed by atoms with Crippen LogP contribution in [0.25, 0.3) is 0 Å². The second-order valence-corrected chi connectivity index (χ2v) is 15.2. The highest BCUT2D eigenvalue weighted by molar-refractivity contribution is 5.88. The van der Waals surface area contributed by atoms with Crippen molar-refractivity contribution in [2.75, 3.05) is 6.61 Å². The predicted molar refractivity (Wildman–Crippen MR) is 164 cm³/mol. The summed E-state index contributed by atoms with van der Waals surface area (Å²) in [6.45, 7) is 9.47. The molecule has 4 fully saturated rings. The molecule has 0 aromatic rings. The van der Waals surface area contributed by atoms with Crippen LogP contribution in [0.3, 0.4) is 0 Å². The molecule has 4 saturated carbocycles. The number of ether oxygens (including phenoxy) is 1. The standard InChI is InChI=1S/C36H62O5/c1-5-6-7-8-9-10-11-12-13-14-23-41-31(38)20-15-25(2)29-18-19-30-28-17-16-26-24-27(37)21-22-35(26,3)32(28)33(39)34(40)36(29,30)4/h25-30,32,34,37,40H,5-24H2,1-4H3/t25-,26-,27-,28+,29-,30+,32-,34-,35+,36-/m1/s1. The molecule has 41 heavy (non-hydrogen) atoms. The lowest BCUT2D eigenvalue weighted by Gasteiger charge is -2.61. The summed E-state index contributed by atoms with van der Waals surface area (Å²) in [7, 11) is 0. The molecule has 0 spiro atoms. The fraction of sp³-hybridized carbons (Fsp3) is 0.944. The van der Waals surface area contributed by atoms with Crippen LogP contribution in [-0.2, 0) is 14.3 Å². The van der Waals surface area contributed by atoms with Crippen molar-refractivity contribution in [3.63, 3.8) is 0 Å². The summed E-state index contributed by atoms with van der Waals surface area (Å²) < 4.78 is 5.58. The van der Waals surface area contributed by atoms with Crippen molar-refractivity contribution in [2.45, 2.75) is 162 Å². The molecule has 5 heteroatoms. The monoisotopic (exact) mass is 574 g/mol. The maximum Gasteiger partial charge on any atom is 0.305 e. The molecule has 10 atom stereocenters. The highest BCUT2D eigenvalue weighted by Crippen LogP contribution is 2.67. The van der Waals surface area contributed by atoms with E-state index in [4.69, 9.17) is 4.74 Å². The first-order chi connectivity index (χ1) is 19.6. The average Bonchev–Trinajstić information content (AvgIpc) is 3.31. The van der Waals surface area contributed by atoms with E-state index in [1.807, 2.05) is 0 Å². The van der Waals surface area contributed by atoms with Crippen molar-refractivity contribution in [1.82, 2.24) is 0 Å². The summed E-state index contributed by atoms with van der Waals surface area (Å²) in [6.07, 6.45) is 19.4. The Morgan fingerprint density at radius 3 is 2.27 bits per heavy atom. The van der Waals surface area contributed by atoms with Crippen LogP contribution in [0.15, 0.2) is 0 Å². The number of fused-ring (bicyclic) bond motifs is 5. The van der Waals surface area contributed by atoms with E-state index in [-0.39, 0.29) is 41.0 Å². The van der Waals surface area contributed by atoms with Gasteiger partial charge in [-0.15, -0.1) is 0 Å². The van der Waals surface area contributed by atoms with Gasteiger partial charge in [-0.3, -0.25) is 9.59 Å². The van der Waals surface area contributed by atoms with Gasteiger partial charge in [0.15, 0.2) is 5.78 Å². The quantitative estimate of drug-likeness (QED) is 0.153. The number of hydrogen-bond acceptors (Lipinski definition) is 5. The van der Waals surface area contributed by atoms with Gasteiger partial charge in [0.1, 0.15) is 6.10 Å². The van der Waals surface area contributed by atoms with Crippen LogP contribution >= 0.6 is 0 Å². The van der Waals surface area contributed by atoms with Crippen molar-refractivity contribution >= 4 is 11.8 Å². The minimum absolute atomic E-state index is 0.0725. The number of ketones is 1. The first-order valence-corrected chi connectivity index (χ1v) is 17.7. The number of carbonyl (C=O) groups is 2. The SMILES string of the molecule is CCCCCCCCCCCCOC(=O)CC[C@@H](C)[C@H]1CC[C@H]2[C@@H]3CC[C@@H]4C[C@H](O)CC[C@]4(C)[C@H]3C(=O)[C@@H](O)[C@]12C. The number of carbonyl (C=O) groups excluding carboxylic acids is 2. The van der Waals surface area contributed by atoms with Gasteiger partial charge >= 0.3 is 5.97 Å². The molecule has 0 heterocycles. The molecule has 0 saturated heterocycles. The third-order valence-corrected chi connectivity index (χ3v) is 12.8. The number of aliphatic hydroxyl groups is 2. The zero-order valence-corrected chi connectivity index (χ0v) is 26.9. The normalized spacial score (nSPS) is 39.1. The van der Waals surface area contributed by atoms with Crippen LogP contribution < -0.4 is 0 Å². The Balaban J connectivity index is 1.21. The van der Waals surface area contributed by atoms with Gasteiger partial charge in [-0.1, -0.05) is 85.5 Å². The summed E-state index contributed by atoms with van der Waals surface area (Å²) in [5, 5.41) is 22.0. The van der Waals surface area contributed by atoms with Crippen molar-refractivity contribution in [3.8, 4) is 0 Å². The minimum Gasteiger partial charge on any atom is -0.466 e. The molecular weight excluding hydrogens is 512 g/mol. The van der Waals surface area contributed by atoms with Gasteiger partial charge in [-0.2, -0.15) is 0 Å². The Hall–Kier alpha value is -0.940. The van der Waals surface area contributed by atoms with E-state index in [1.165, 1.54) is 51.4 Å². The van der Waals surface area contributed by atoms with Crippen molar-refractivity contribution < 1.29 is 24.5 Å². The van der Waals surface area contributed by atoms with Gasteiger partial charge in [0.25, 0.3) is 0 Å². The van der Waals surface area contributed by atoms with E-state index in [9.17, 15) is 19.8 Å². The molecule has 0 radical (unpaired) electrons. The molecule has 2 N–H and O–H groups in total. The highest BCUT2D eigenvalue weighted by atomic mass is 16.5. The predicted octanol–water partition coefficient (Wildman–Crippen LogP) is 8.04. The largest absolute Gasteiger partial charge is 0.466 e. The van der Waals surface area contributed by atoms with Crippen LogP contribution in [0.1, 0.15) is 150 Å². The zero-order chi connectivity index (χ0) is 29.6. The van der Waals surface area contributed by atoms with Crippen LogP contribution in [0.4, 0.5) is 0 Å². The first-order valence-electron chi connectivity index (χ1n) is 17.7. The summed E-state index contributed by atoms with van der Waals surface area (Å²) in [5.41, 5.74) is -0.502. The number of rotatable bonds is 15.